The average Bonchev–Trinajstić information content (AvgIpc) is 3.12. The van der Waals surface area contributed by atoms with Crippen molar-refractivity contribution in [1.29, 1.82) is 0 Å². The lowest BCUT2D eigenvalue weighted by molar-refractivity contribution is 0.182. The Morgan fingerprint density at radius 3 is 2.42 bits per heavy atom. The van der Waals surface area contributed by atoms with Crippen LogP contribution in [0.2, 0.25) is 5.02 Å². The molecule has 0 amide bonds. The molecule has 2 aromatic carbocycles. The lowest BCUT2D eigenvalue weighted by Crippen LogP contribution is -2.47. The van der Waals surface area contributed by atoms with E-state index in [2.05, 4.69) is 56.4 Å². The van der Waals surface area contributed by atoms with Crippen molar-refractivity contribution in [2.75, 3.05) is 31.1 Å². The van der Waals surface area contributed by atoms with Gasteiger partial charge < -0.3 is 4.90 Å². The fourth-order valence-electron chi connectivity index (χ4n) is 3.24. The quantitative estimate of drug-likeness (QED) is 0.708. The van der Waals surface area contributed by atoms with Crippen LogP contribution >= 0.6 is 11.6 Å². The van der Waals surface area contributed by atoms with Gasteiger partial charge in [-0.2, -0.15) is 0 Å². The summed E-state index contributed by atoms with van der Waals surface area (Å²) in [5, 5.41) is 13.5. The van der Waals surface area contributed by atoms with E-state index < -0.39 is 0 Å². The molecule has 0 atom stereocenters. The second-order valence-electron chi connectivity index (χ2n) is 6.53. The Labute approximate surface area is 158 Å². The van der Waals surface area contributed by atoms with Gasteiger partial charge in [0.25, 0.3) is 0 Å². The van der Waals surface area contributed by atoms with Gasteiger partial charge in [0.05, 0.1) is 0 Å². The van der Waals surface area contributed by atoms with Crippen LogP contribution in [0.25, 0.3) is 11.4 Å². The van der Waals surface area contributed by atoms with Crippen LogP contribution < -0.4 is 4.90 Å². The molecule has 134 valence electrons. The van der Waals surface area contributed by atoms with Gasteiger partial charge in [-0.3, -0.25) is 4.90 Å². The Morgan fingerprint density at radius 1 is 0.962 bits per heavy atom. The zero-order chi connectivity index (χ0) is 17.9. The van der Waals surface area contributed by atoms with Crippen molar-refractivity contribution in [2.24, 2.45) is 0 Å². The van der Waals surface area contributed by atoms with Gasteiger partial charge in [-0.1, -0.05) is 29.8 Å². The number of piperazine rings is 1. The van der Waals surface area contributed by atoms with Crippen molar-refractivity contribution in [3.05, 3.63) is 59.1 Å². The smallest absolute Gasteiger partial charge is 0.204 e. The van der Waals surface area contributed by atoms with Crippen molar-refractivity contribution < 1.29 is 0 Å². The predicted octanol–water partition coefficient (Wildman–Crippen LogP) is 3.08. The van der Waals surface area contributed by atoms with Gasteiger partial charge in [-0.05, 0) is 48.0 Å². The first kappa shape index (κ1) is 17.0. The molecule has 1 saturated heterocycles. The molecule has 0 spiro atoms. The lowest BCUT2D eigenvalue weighted by atomic mass is 10.1. The third-order valence-electron chi connectivity index (χ3n) is 4.71. The van der Waals surface area contributed by atoms with Crippen LogP contribution in [0.4, 0.5) is 5.69 Å². The summed E-state index contributed by atoms with van der Waals surface area (Å²) in [7, 11) is 0. The first-order valence-electron chi connectivity index (χ1n) is 8.76. The van der Waals surface area contributed by atoms with Gasteiger partial charge in [-0.25, -0.2) is 0 Å². The Balaban J connectivity index is 1.36. The van der Waals surface area contributed by atoms with Gasteiger partial charge >= 0.3 is 0 Å². The molecule has 6 nitrogen and oxygen atoms in total. The fraction of sp³-hybridized carbons (Fsp3) is 0.316. The van der Waals surface area contributed by atoms with Crippen molar-refractivity contribution in [3.63, 3.8) is 0 Å². The van der Waals surface area contributed by atoms with Gasteiger partial charge in [0, 0.05) is 42.5 Å². The molecule has 0 aliphatic carbocycles. The summed E-state index contributed by atoms with van der Waals surface area (Å²) in [6.45, 7) is 6.78. The van der Waals surface area contributed by atoms with Crippen molar-refractivity contribution in [1.82, 2.24) is 25.1 Å². The molecule has 0 unspecified atom stereocenters. The highest BCUT2D eigenvalue weighted by Gasteiger charge is 2.19. The number of nitrogens with zero attached hydrogens (tertiary/aromatic N) is 6. The summed E-state index contributed by atoms with van der Waals surface area (Å²) < 4.78 is 0. The maximum atomic E-state index is 5.93. The fourth-order valence-corrected chi connectivity index (χ4v) is 3.37. The molecule has 4 rings (SSSR count). The highest BCUT2D eigenvalue weighted by atomic mass is 35.5. The van der Waals surface area contributed by atoms with Crippen LogP contribution in [0, 0.1) is 6.92 Å². The summed E-state index contributed by atoms with van der Waals surface area (Å²) in [6, 6.07) is 16.0. The number of aryl methyl sites for hydroxylation is 1. The first-order chi connectivity index (χ1) is 12.7. The summed E-state index contributed by atoms with van der Waals surface area (Å²) in [5.74, 6) is 0.625. The second kappa shape index (κ2) is 7.43. The van der Waals surface area contributed by atoms with E-state index in [4.69, 9.17) is 11.6 Å². The van der Waals surface area contributed by atoms with E-state index in [1.807, 2.05) is 24.3 Å². The van der Waals surface area contributed by atoms with E-state index in [1.165, 1.54) is 11.3 Å². The van der Waals surface area contributed by atoms with Crippen LogP contribution in [-0.2, 0) is 6.67 Å². The molecular weight excluding hydrogens is 348 g/mol. The van der Waals surface area contributed by atoms with Crippen LogP contribution in [0.5, 0.6) is 0 Å². The second-order valence-corrected chi connectivity index (χ2v) is 6.96. The highest BCUT2D eigenvalue weighted by molar-refractivity contribution is 6.30. The molecule has 3 aromatic rings. The number of hydrogen-bond acceptors (Lipinski definition) is 5. The largest absolute Gasteiger partial charge is 0.369 e. The molecule has 1 aliphatic heterocycles. The van der Waals surface area contributed by atoms with E-state index in [0.29, 0.717) is 17.5 Å². The SMILES string of the molecule is Cc1ccccc1N1CCN(Cn2nnc(-c3ccc(Cl)cc3)n2)CC1. The van der Waals surface area contributed by atoms with Gasteiger partial charge in [0.2, 0.25) is 5.82 Å². The van der Waals surface area contributed by atoms with E-state index in [9.17, 15) is 0 Å². The summed E-state index contributed by atoms with van der Waals surface area (Å²) in [5.41, 5.74) is 3.58. The topological polar surface area (TPSA) is 50.1 Å². The van der Waals surface area contributed by atoms with Crippen molar-refractivity contribution in [2.45, 2.75) is 13.6 Å². The highest BCUT2D eigenvalue weighted by Crippen LogP contribution is 2.21. The third-order valence-corrected chi connectivity index (χ3v) is 4.96. The number of para-hydroxylation sites is 1. The van der Waals surface area contributed by atoms with Crippen molar-refractivity contribution >= 4 is 17.3 Å². The molecule has 0 saturated carbocycles. The maximum absolute atomic E-state index is 5.93. The summed E-state index contributed by atoms with van der Waals surface area (Å²) >= 11 is 5.93. The Hall–Kier alpha value is -2.44. The van der Waals surface area contributed by atoms with E-state index >= 15 is 0 Å². The summed E-state index contributed by atoms with van der Waals surface area (Å²) in [6.07, 6.45) is 0. The predicted molar refractivity (Wildman–Crippen MR) is 103 cm³/mol. The first-order valence-corrected chi connectivity index (χ1v) is 9.13. The Morgan fingerprint density at radius 2 is 1.69 bits per heavy atom. The van der Waals surface area contributed by atoms with E-state index in [-0.39, 0.29) is 0 Å². The minimum absolute atomic E-state index is 0.625. The maximum Gasteiger partial charge on any atom is 0.204 e. The van der Waals surface area contributed by atoms with E-state index in [0.717, 1.165) is 31.7 Å². The van der Waals surface area contributed by atoms with Crippen LogP contribution in [-0.4, -0.2) is 51.3 Å². The van der Waals surface area contributed by atoms with Crippen LogP contribution in [0.3, 0.4) is 0 Å². The standard InChI is InChI=1S/C19H21ClN6/c1-15-4-2-3-5-18(15)25-12-10-24(11-13-25)14-26-22-19(21-23-26)16-6-8-17(20)9-7-16/h2-9H,10-14H2,1H3. The number of halogens is 1. The normalized spacial score (nSPS) is 15.4. The monoisotopic (exact) mass is 368 g/mol. The molecule has 26 heavy (non-hydrogen) atoms. The minimum Gasteiger partial charge on any atom is -0.369 e. The molecule has 7 heteroatoms. The number of anilines is 1. The van der Waals surface area contributed by atoms with Crippen LogP contribution in [0.1, 0.15) is 5.56 Å². The van der Waals surface area contributed by atoms with Gasteiger partial charge in [-0.15, -0.1) is 15.0 Å². The molecule has 0 N–H and O–H groups in total. The van der Waals surface area contributed by atoms with E-state index in [1.54, 1.807) is 4.80 Å². The molecule has 1 fully saturated rings. The molecule has 1 aliphatic rings. The average molecular weight is 369 g/mol. The summed E-state index contributed by atoms with van der Waals surface area (Å²) in [4.78, 5) is 6.45. The molecule has 0 bridgehead atoms. The van der Waals surface area contributed by atoms with Gasteiger partial charge in [0.1, 0.15) is 6.67 Å². The minimum atomic E-state index is 0.625. The number of benzene rings is 2. The number of aromatic nitrogens is 4. The zero-order valence-electron chi connectivity index (χ0n) is 14.7. The zero-order valence-corrected chi connectivity index (χ0v) is 15.5. The van der Waals surface area contributed by atoms with Crippen molar-refractivity contribution in [3.8, 4) is 11.4 Å². The number of rotatable bonds is 4. The lowest BCUT2D eigenvalue weighted by Gasteiger charge is -2.36. The molecule has 0 radical (unpaired) electrons. The Bertz CT molecular complexity index is 868. The third kappa shape index (κ3) is 3.71. The number of tetrazole rings is 1. The Kier molecular flexibility index (Phi) is 4.86. The molecule has 2 heterocycles. The molecule has 1 aromatic heterocycles. The van der Waals surface area contributed by atoms with Gasteiger partial charge in [0.15, 0.2) is 0 Å². The number of hydrogen-bond donors (Lipinski definition) is 0. The molecular formula is C19H21ClN6. The van der Waals surface area contributed by atoms with Crippen LogP contribution in [0.15, 0.2) is 48.5 Å².